The van der Waals surface area contributed by atoms with E-state index in [1.165, 1.54) is 0 Å². The van der Waals surface area contributed by atoms with Crippen LogP contribution in [0.1, 0.15) is 32.6 Å². The molecule has 0 spiro atoms. The minimum absolute atomic E-state index is 0.227. The molecule has 0 aliphatic heterocycles. The lowest BCUT2D eigenvalue weighted by Crippen LogP contribution is -2.30. The van der Waals surface area contributed by atoms with Gasteiger partial charge in [-0.2, -0.15) is 0 Å². The van der Waals surface area contributed by atoms with E-state index in [1.54, 1.807) is 11.8 Å². The van der Waals surface area contributed by atoms with E-state index in [9.17, 15) is 18.0 Å². The zero-order valence-corrected chi connectivity index (χ0v) is 9.17. The van der Waals surface area contributed by atoms with Crippen LogP contribution in [0, 0.1) is 0 Å². The molecule has 1 fully saturated rings. The fourth-order valence-electron chi connectivity index (χ4n) is 0.873. The molecular weight excluding hydrogens is 222 g/mol. The van der Waals surface area contributed by atoms with Gasteiger partial charge < -0.3 is 4.84 Å². The van der Waals surface area contributed by atoms with Gasteiger partial charge in [0.15, 0.2) is 0 Å². The Morgan fingerprint density at radius 1 is 1.40 bits per heavy atom. The molecule has 0 aromatic heterocycles. The second kappa shape index (κ2) is 4.71. The maximum absolute atomic E-state index is 11.2. The Morgan fingerprint density at radius 3 is 2.47 bits per heavy atom. The van der Waals surface area contributed by atoms with Crippen LogP contribution < -0.4 is 4.89 Å². The van der Waals surface area contributed by atoms with Gasteiger partial charge in [-0.15, -0.1) is 0 Å². The van der Waals surface area contributed by atoms with E-state index in [0.717, 1.165) is 0 Å². The van der Waals surface area contributed by atoms with Crippen LogP contribution in [0.25, 0.3) is 0 Å². The van der Waals surface area contributed by atoms with Crippen molar-refractivity contribution in [1.82, 2.24) is 4.89 Å². The molecule has 6 nitrogen and oxygen atoms in total. The minimum atomic E-state index is -3.53. The van der Waals surface area contributed by atoms with Gasteiger partial charge in [0.2, 0.25) is 10.0 Å². The molecule has 0 radical (unpaired) electrons. The first kappa shape index (κ1) is 12.1. The third-order valence-electron chi connectivity index (χ3n) is 1.97. The number of hydrogen-bond acceptors (Lipinski definition) is 5. The van der Waals surface area contributed by atoms with Gasteiger partial charge in [-0.05, 0) is 17.7 Å². The number of carbonyl (C=O) groups is 2. The van der Waals surface area contributed by atoms with Crippen molar-refractivity contribution < 1.29 is 22.8 Å². The summed E-state index contributed by atoms with van der Waals surface area (Å²) in [5.41, 5.74) is 0. The number of rotatable bonds is 6. The van der Waals surface area contributed by atoms with Gasteiger partial charge >= 0.3 is 5.97 Å². The van der Waals surface area contributed by atoms with Gasteiger partial charge in [-0.3, -0.25) is 4.79 Å². The number of Topliss-reactive ketones (excluding diaryl/α,β-unsaturated/α-hetero) is 1. The zero-order chi connectivity index (χ0) is 11.5. The summed E-state index contributed by atoms with van der Waals surface area (Å²) in [6.45, 7) is 1.62. The molecule has 86 valence electrons. The van der Waals surface area contributed by atoms with Gasteiger partial charge in [0, 0.05) is 6.42 Å². The fraction of sp³-hybridized carbons (Fsp3) is 0.750. The summed E-state index contributed by atoms with van der Waals surface area (Å²) in [7, 11) is -3.53. The summed E-state index contributed by atoms with van der Waals surface area (Å²) in [4.78, 5) is 27.8. The summed E-state index contributed by atoms with van der Waals surface area (Å²) >= 11 is 0. The minimum Gasteiger partial charge on any atom is -0.355 e. The molecule has 0 saturated heterocycles. The summed E-state index contributed by atoms with van der Waals surface area (Å²) in [5, 5.41) is -0.452. The SMILES string of the molecule is CCC(=O)CC(=O)ONS(=O)(=O)C1CC1. The smallest absolute Gasteiger partial charge is 0.333 e. The van der Waals surface area contributed by atoms with Crippen LogP contribution in [0.4, 0.5) is 0 Å². The monoisotopic (exact) mass is 235 g/mol. The Balaban J connectivity index is 2.30. The highest BCUT2D eigenvalue weighted by molar-refractivity contribution is 7.90. The largest absolute Gasteiger partial charge is 0.355 e. The second-order valence-electron chi connectivity index (χ2n) is 3.37. The van der Waals surface area contributed by atoms with Crippen LogP contribution in [0.3, 0.4) is 0 Å². The van der Waals surface area contributed by atoms with Crippen molar-refractivity contribution in [3.63, 3.8) is 0 Å². The van der Waals surface area contributed by atoms with Crippen LogP contribution in [-0.4, -0.2) is 25.4 Å². The van der Waals surface area contributed by atoms with E-state index in [2.05, 4.69) is 4.84 Å². The van der Waals surface area contributed by atoms with Crippen molar-refractivity contribution in [2.75, 3.05) is 0 Å². The lowest BCUT2D eigenvalue weighted by Gasteiger charge is -2.04. The molecule has 0 heterocycles. The Labute approximate surface area is 88.0 Å². The van der Waals surface area contributed by atoms with Crippen molar-refractivity contribution in [2.45, 2.75) is 37.9 Å². The Morgan fingerprint density at radius 2 is 2.00 bits per heavy atom. The molecule has 7 heteroatoms. The predicted molar refractivity (Wildman–Crippen MR) is 51.1 cm³/mol. The number of sulfonamides is 1. The van der Waals surface area contributed by atoms with Gasteiger partial charge in [0.25, 0.3) is 0 Å². The van der Waals surface area contributed by atoms with Gasteiger partial charge in [-0.1, -0.05) is 6.92 Å². The van der Waals surface area contributed by atoms with E-state index in [1.807, 2.05) is 0 Å². The summed E-state index contributed by atoms with van der Waals surface area (Å²) in [6.07, 6.45) is 0.996. The molecule has 0 atom stereocenters. The van der Waals surface area contributed by atoms with E-state index in [0.29, 0.717) is 12.8 Å². The standard InChI is InChI=1S/C8H13NO5S/c1-2-6(10)5-8(11)14-9-15(12,13)7-3-4-7/h7,9H,2-5H2,1H3. The average Bonchev–Trinajstić information content (AvgIpc) is 2.98. The topological polar surface area (TPSA) is 89.5 Å². The normalized spacial score (nSPS) is 16.1. The van der Waals surface area contributed by atoms with Gasteiger partial charge in [0.1, 0.15) is 12.2 Å². The van der Waals surface area contributed by atoms with Crippen molar-refractivity contribution in [1.29, 1.82) is 0 Å². The fourth-order valence-corrected chi connectivity index (χ4v) is 1.97. The Kier molecular flexibility index (Phi) is 3.81. The molecule has 1 rings (SSSR count). The number of hydrogen-bond donors (Lipinski definition) is 1. The molecule has 15 heavy (non-hydrogen) atoms. The highest BCUT2D eigenvalue weighted by Gasteiger charge is 2.36. The molecule has 0 aromatic rings. The van der Waals surface area contributed by atoms with E-state index in [4.69, 9.17) is 0 Å². The molecule has 1 aliphatic rings. The Hall–Kier alpha value is -0.950. The molecule has 0 aromatic carbocycles. The van der Waals surface area contributed by atoms with E-state index in [-0.39, 0.29) is 12.2 Å². The van der Waals surface area contributed by atoms with Crippen molar-refractivity contribution >= 4 is 21.8 Å². The van der Waals surface area contributed by atoms with Crippen LogP contribution in [0.2, 0.25) is 0 Å². The Bertz CT molecular complexity index is 357. The zero-order valence-electron chi connectivity index (χ0n) is 8.36. The maximum Gasteiger partial charge on any atom is 0.333 e. The molecule has 1 aliphatic carbocycles. The molecule has 0 bridgehead atoms. The van der Waals surface area contributed by atoms with Gasteiger partial charge in [-0.25, -0.2) is 13.2 Å². The highest BCUT2D eigenvalue weighted by Crippen LogP contribution is 2.27. The third-order valence-corrected chi connectivity index (χ3v) is 3.64. The predicted octanol–water partition coefficient (Wildman–Crippen LogP) is -0.104. The first-order chi connectivity index (χ1) is 6.95. The lowest BCUT2D eigenvalue weighted by molar-refractivity contribution is -0.149. The maximum atomic E-state index is 11.2. The molecule has 0 amide bonds. The highest BCUT2D eigenvalue weighted by atomic mass is 32.2. The van der Waals surface area contributed by atoms with Crippen molar-refractivity contribution in [3.8, 4) is 0 Å². The van der Waals surface area contributed by atoms with Crippen LogP contribution in [0.15, 0.2) is 0 Å². The number of ketones is 1. The first-order valence-electron chi connectivity index (χ1n) is 4.67. The summed E-state index contributed by atoms with van der Waals surface area (Å²) < 4.78 is 22.4. The van der Waals surface area contributed by atoms with Crippen LogP contribution in [0.5, 0.6) is 0 Å². The van der Waals surface area contributed by atoms with Crippen molar-refractivity contribution in [2.24, 2.45) is 0 Å². The quantitative estimate of drug-likeness (QED) is 0.512. The molecule has 0 unspecified atom stereocenters. The number of carbonyl (C=O) groups excluding carboxylic acids is 2. The van der Waals surface area contributed by atoms with Crippen LogP contribution >= 0.6 is 0 Å². The molecular formula is C8H13NO5S. The summed E-state index contributed by atoms with van der Waals surface area (Å²) in [5.74, 6) is -1.16. The molecule has 1 N–H and O–H groups in total. The first-order valence-corrected chi connectivity index (χ1v) is 6.22. The number of nitrogens with one attached hydrogen (secondary N) is 1. The van der Waals surface area contributed by atoms with Crippen LogP contribution in [-0.2, 0) is 24.4 Å². The van der Waals surface area contributed by atoms with Gasteiger partial charge in [0.05, 0.1) is 5.25 Å². The third kappa shape index (κ3) is 3.96. The lowest BCUT2D eigenvalue weighted by atomic mass is 10.2. The summed E-state index contributed by atoms with van der Waals surface area (Å²) in [6, 6.07) is 0. The van der Waals surface area contributed by atoms with E-state index < -0.39 is 27.7 Å². The van der Waals surface area contributed by atoms with Crippen molar-refractivity contribution in [3.05, 3.63) is 0 Å². The molecule has 1 saturated carbocycles. The average molecular weight is 235 g/mol. The van der Waals surface area contributed by atoms with E-state index >= 15 is 0 Å². The second-order valence-corrected chi connectivity index (χ2v) is 5.29.